The van der Waals surface area contributed by atoms with Gasteiger partial charge in [-0.05, 0) is 54.9 Å². The smallest absolute Gasteiger partial charge is 0.126 e. The molecule has 17 heavy (non-hydrogen) atoms. The minimum atomic E-state index is -0.144. The average Bonchev–Trinajstić information content (AvgIpc) is 2.70. The van der Waals surface area contributed by atoms with E-state index in [-0.39, 0.29) is 11.9 Å². The third kappa shape index (κ3) is 3.29. The van der Waals surface area contributed by atoms with Crippen molar-refractivity contribution in [3.05, 3.63) is 34.1 Å². The second-order valence-electron chi connectivity index (χ2n) is 5.28. The molecule has 0 aliphatic heterocycles. The van der Waals surface area contributed by atoms with Gasteiger partial charge in [-0.2, -0.15) is 0 Å². The Hall–Kier alpha value is -0.410. The zero-order chi connectivity index (χ0) is 12.4. The average molecular weight is 300 g/mol. The zero-order valence-corrected chi connectivity index (χ0v) is 11.7. The molecule has 94 valence electrons. The predicted molar refractivity (Wildman–Crippen MR) is 72.3 cm³/mol. The molecule has 3 unspecified atom stereocenters. The monoisotopic (exact) mass is 299 g/mol. The summed E-state index contributed by atoms with van der Waals surface area (Å²) in [5.74, 6) is 1.19. The Bertz CT molecular complexity index is 394. The molecule has 0 aromatic heterocycles. The van der Waals surface area contributed by atoms with Crippen molar-refractivity contribution in [1.82, 2.24) is 0 Å². The van der Waals surface area contributed by atoms with E-state index in [9.17, 15) is 4.39 Å². The van der Waals surface area contributed by atoms with Gasteiger partial charge in [0.1, 0.15) is 5.82 Å². The zero-order valence-electron chi connectivity index (χ0n) is 10.1. The summed E-state index contributed by atoms with van der Waals surface area (Å²) in [7, 11) is 0. The Kier molecular flexibility index (Phi) is 4.21. The van der Waals surface area contributed by atoms with Crippen LogP contribution in [0.15, 0.2) is 22.7 Å². The molecule has 1 aromatic carbocycles. The van der Waals surface area contributed by atoms with Gasteiger partial charge in [0.05, 0.1) is 0 Å². The van der Waals surface area contributed by atoms with Crippen LogP contribution in [0.5, 0.6) is 0 Å². The molecule has 0 radical (unpaired) electrons. The Morgan fingerprint density at radius 1 is 1.47 bits per heavy atom. The van der Waals surface area contributed by atoms with E-state index in [0.29, 0.717) is 12.3 Å². The van der Waals surface area contributed by atoms with Crippen molar-refractivity contribution in [2.75, 3.05) is 0 Å². The normalized spacial score (nSPS) is 26.1. The Balaban J connectivity index is 2.02. The number of nitrogens with two attached hydrogens (primary N) is 1. The van der Waals surface area contributed by atoms with E-state index < -0.39 is 0 Å². The topological polar surface area (TPSA) is 26.0 Å². The Morgan fingerprint density at radius 2 is 2.24 bits per heavy atom. The third-order valence-corrected chi connectivity index (χ3v) is 4.30. The largest absolute Gasteiger partial charge is 0.327 e. The second-order valence-corrected chi connectivity index (χ2v) is 6.20. The van der Waals surface area contributed by atoms with Gasteiger partial charge in [0.25, 0.3) is 0 Å². The van der Waals surface area contributed by atoms with Gasteiger partial charge >= 0.3 is 0 Å². The van der Waals surface area contributed by atoms with Crippen molar-refractivity contribution < 1.29 is 4.39 Å². The van der Waals surface area contributed by atoms with Gasteiger partial charge in [0, 0.05) is 10.5 Å². The van der Waals surface area contributed by atoms with Crippen molar-refractivity contribution in [2.45, 2.75) is 38.6 Å². The molecule has 1 aliphatic rings. The quantitative estimate of drug-likeness (QED) is 0.900. The van der Waals surface area contributed by atoms with Crippen LogP contribution in [0.1, 0.15) is 31.7 Å². The second kappa shape index (κ2) is 5.49. The number of benzene rings is 1. The van der Waals surface area contributed by atoms with Crippen LogP contribution in [0.4, 0.5) is 4.39 Å². The maximum absolute atomic E-state index is 13.6. The third-order valence-electron chi connectivity index (χ3n) is 3.80. The molecule has 1 aliphatic carbocycles. The predicted octanol–water partition coefficient (Wildman–Crippen LogP) is 3.89. The van der Waals surface area contributed by atoms with E-state index in [0.717, 1.165) is 16.0 Å². The fourth-order valence-corrected chi connectivity index (χ4v) is 3.17. The first-order chi connectivity index (χ1) is 8.06. The molecule has 2 rings (SSSR count). The highest BCUT2D eigenvalue weighted by molar-refractivity contribution is 9.10. The maximum atomic E-state index is 13.6. The summed E-state index contributed by atoms with van der Waals surface area (Å²) in [6, 6.07) is 5.16. The van der Waals surface area contributed by atoms with E-state index in [4.69, 9.17) is 5.73 Å². The fourth-order valence-electron chi connectivity index (χ4n) is 2.76. The molecular formula is C14H19BrFN. The minimum Gasteiger partial charge on any atom is -0.327 e. The van der Waals surface area contributed by atoms with Crippen LogP contribution in [-0.2, 0) is 6.42 Å². The molecule has 1 nitrogen and oxygen atoms in total. The maximum Gasteiger partial charge on any atom is 0.126 e. The highest BCUT2D eigenvalue weighted by Gasteiger charge is 2.27. The van der Waals surface area contributed by atoms with Crippen LogP contribution in [0.25, 0.3) is 0 Å². The molecule has 0 bridgehead atoms. The van der Waals surface area contributed by atoms with Gasteiger partial charge in [-0.3, -0.25) is 0 Å². The molecular weight excluding hydrogens is 281 g/mol. The van der Waals surface area contributed by atoms with Crippen molar-refractivity contribution in [3.63, 3.8) is 0 Å². The van der Waals surface area contributed by atoms with Gasteiger partial charge in [0.15, 0.2) is 0 Å². The summed E-state index contributed by atoms with van der Waals surface area (Å²) in [6.07, 6.45) is 4.29. The van der Waals surface area contributed by atoms with Crippen LogP contribution in [0.3, 0.4) is 0 Å². The van der Waals surface area contributed by atoms with Crippen LogP contribution < -0.4 is 5.73 Å². The van der Waals surface area contributed by atoms with Gasteiger partial charge in [-0.15, -0.1) is 0 Å². The summed E-state index contributed by atoms with van der Waals surface area (Å²) < 4.78 is 14.5. The summed E-state index contributed by atoms with van der Waals surface area (Å²) in [6.45, 7) is 2.27. The van der Waals surface area contributed by atoms with Gasteiger partial charge < -0.3 is 5.73 Å². The number of halogens is 2. The highest BCUT2D eigenvalue weighted by Crippen LogP contribution is 2.33. The van der Waals surface area contributed by atoms with Crippen LogP contribution in [-0.4, -0.2) is 6.04 Å². The summed E-state index contributed by atoms with van der Waals surface area (Å²) in [5, 5.41) is 0. The lowest BCUT2D eigenvalue weighted by molar-refractivity contribution is 0.410. The first kappa shape index (κ1) is 13.0. The molecule has 0 saturated heterocycles. The summed E-state index contributed by atoms with van der Waals surface area (Å²) >= 11 is 3.37. The lowest BCUT2D eigenvalue weighted by Crippen LogP contribution is -2.31. The van der Waals surface area contributed by atoms with E-state index in [1.54, 1.807) is 6.07 Å². The van der Waals surface area contributed by atoms with E-state index in [2.05, 4.69) is 22.9 Å². The highest BCUT2D eigenvalue weighted by atomic mass is 79.9. The van der Waals surface area contributed by atoms with Crippen LogP contribution >= 0.6 is 15.9 Å². The Labute approximate surface area is 111 Å². The molecule has 1 aromatic rings. The molecule has 2 N–H and O–H groups in total. The van der Waals surface area contributed by atoms with Crippen molar-refractivity contribution in [1.29, 1.82) is 0 Å². The van der Waals surface area contributed by atoms with Crippen molar-refractivity contribution >= 4 is 15.9 Å². The van der Waals surface area contributed by atoms with Gasteiger partial charge in [-0.1, -0.05) is 29.3 Å². The standard InChI is InChI=1S/C14H19BrFN/c1-9-2-3-10(6-9)14(17)8-11-7-12(15)4-5-13(11)16/h4-5,7,9-10,14H,2-3,6,8,17H2,1H3. The van der Waals surface area contributed by atoms with Gasteiger partial charge in [-0.25, -0.2) is 4.39 Å². The minimum absolute atomic E-state index is 0.0868. The molecule has 0 heterocycles. The van der Waals surface area contributed by atoms with E-state index >= 15 is 0 Å². The number of hydrogen-bond donors (Lipinski definition) is 1. The van der Waals surface area contributed by atoms with Crippen molar-refractivity contribution in [2.24, 2.45) is 17.6 Å². The molecule has 0 spiro atoms. The molecule has 3 heteroatoms. The number of rotatable bonds is 3. The van der Waals surface area contributed by atoms with Crippen molar-refractivity contribution in [3.8, 4) is 0 Å². The lowest BCUT2D eigenvalue weighted by Gasteiger charge is -2.19. The summed E-state index contributed by atoms with van der Waals surface area (Å²) in [5.41, 5.74) is 6.94. The van der Waals surface area contributed by atoms with Crippen LogP contribution in [0.2, 0.25) is 0 Å². The van der Waals surface area contributed by atoms with E-state index in [1.807, 2.05) is 6.07 Å². The first-order valence-electron chi connectivity index (χ1n) is 6.25. The van der Waals surface area contributed by atoms with E-state index in [1.165, 1.54) is 25.3 Å². The fraction of sp³-hybridized carbons (Fsp3) is 0.571. The Morgan fingerprint density at radius 3 is 2.88 bits per heavy atom. The lowest BCUT2D eigenvalue weighted by atomic mass is 9.92. The molecule has 1 saturated carbocycles. The molecule has 1 fully saturated rings. The van der Waals surface area contributed by atoms with Crippen LogP contribution in [0, 0.1) is 17.7 Å². The molecule has 0 amide bonds. The van der Waals surface area contributed by atoms with Gasteiger partial charge in [0.2, 0.25) is 0 Å². The summed E-state index contributed by atoms with van der Waals surface area (Å²) in [4.78, 5) is 0. The molecule has 3 atom stereocenters. The first-order valence-corrected chi connectivity index (χ1v) is 7.05. The number of hydrogen-bond acceptors (Lipinski definition) is 1. The SMILES string of the molecule is CC1CCC(C(N)Cc2cc(Br)ccc2F)C1.